The lowest BCUT2D eigenvalue weighted by molar-refractivity contribution is 0.0932. The van der Waals surface area contributed by atoms with Gasteiger partial charge in [0.25, 0.3) is 5.91 Å². The largest absolute Gasteiger partial charge is 0.496 e. The molecule has 1 saturated heterocycles. The molecule has 1 amide bonds. The molecule has 5 nitrogen and oxygen atoms in total. The summed E-state index contributed by atoms with van der Waals surface area (Å²) < 4.78 is 5.26. The molecule has 5 heteroatoms. The SMILES string of the molecule is COc1ccccc1C(=O)NCC1CCN(Cc2ccccn2)CC1. The molecule has 2 aromatic rings. The third-order valence-electron chi connectivity index (χ3n) is 4.72. The van der Waals surface area contributed by atoms with E-state index >= 15 is 0 Å². The van der Waals surface area contributed by atoms with Gasteiger partial charge in [-0.3, -0.25) is 14.7 Å². The third kappa shape index (κ3) is 4.79. The number of pyridine rings is 1. The van der Waals surface area contributed by atoms with Crippen molar-refractivity contribution in [2.24, 2.45) is 5.92 Å². The van der Waals surface area contributed by atoms with E-state index in [0.29, 0.717) is 23.8 Å². The molecule has 0 spiro atoms. The van der Waals surface area contributed by atoms with Gasteiger partial charge in [0.2, 0.25) is 0 Å². The van der Waals surface area contributed by atoms with Gasteiger partial charge in [-0.25, -0.2) is 0 Å². The normalized spacial score (nSPS) is 15.7. The molecule has 0 atom stereocenters. The Labute approximate surface area is 149 Å². The summed E-state index contributed by atoms with van der Waals surface area (Å²) in [6.45, 7) is 3.72. The summed E-state index contributed by atoms with van der Waals surface area (Å²) in [6, 6.07) is 13.4. The van der Waals surface area contributed by atoms with Crippen molar-refractivity contribution in [3.63, 3.8) is 0 Å². The van der Waals surface area contributed by atoms with E-state index in [1.165, 1.54) is 0 Å². The second kappa shape index (κ2) is 8.62. The van der Waals surface area contributed by atoms with E-state index in [1.54, 1.807) is 13.2 Å². The van der Waals surface area contributed by atoms with Crippen molar-refractivity contribution in [3.8, 4) is 5.75 Å². The van der Waals surface area contributed by atoms with Gasteiger partial charge in [-0.1, -0.05) is 18.2 Å². The average Bonchev–Trinajstić information content (AvgIpc) is 2.68. The van der Waals surface area contributed by atoms with Crippen molar-refractivity contribution in [2.45, 2.75) is 19.4 Å². The quantitative estimate of drug-likeness (QED) is 0.879. The number of carbonyl (C=O) groups excluding carboxylic acids is 1. The van der Waals surface area contributed by atoms with Crippen LogP contribution in [0.1, 0.15) is 28.9 Å². The molecule has 0 saturated carbocycles. The van der Waals surface area contributed by atoms with Gasteiger partial charge in [-0.15, -0.1) is 0 Å². The molecule has 1 fully saturated rings. The third-order valence-corrected chi connectivity index (χ3v) is 4.72. The second-order valence-electron chi connectivity index (χ2n) is 6.45. The van der Waals surface area contributed by atoms with E-state index in [2.05, 4.69) is 21.3 Å². The van der Waals surface area contributed by atoms with Gasteiger partial charge in [-0.05, 0) is 56.1 Å². The fourth-order valence-corrected chi connectivity index (χ4v) is 3.23. The number of hydrogen-bond donors (Lipinski definition) is 1. The van der Waals surface area contributed by atoms with Gasteiger partial charge in [-0.2, -0.15) is 0 Å². The molecular formula is C20H25N3O2. The lowest BCUT2D eigenvalue weighted by Gasteiger charge is -2.31. The smallest absolute Gasteiger partial charge is 0.255 e. The molecule has 0 unspecified atom stereocenters. The maximum Gasteiger partial charge on any atom is 0.255 e. The van der Waals surface area contributed by atoms with Crippen LogP contribution in [0.5, 0.6) is 5.75 Å². The number of aromatic nitrogens is 1. The Kier molecular flexibility index (Phi) is 6.01. The first-order valence-corrected chi connectivity index (χ1v) is 8.79. The molecule has 0 aliphatic carbocycles. The summed E-state index contributed by atoms with van der Waals surface area (Å²) in [6.07, 6.45) is 4.04. The zero-order valence-corrected chi connectivity index (χ0v) is 14.6. The first-order valence-electron chi connectivity index (χ1n) is 8.79. The van der Waals surface area contributed by atoms with Crippen LogP contribution in [0.15, 0.2) is 48.7 Å². The number of nitrogens with zero attached hydrogens (tertiary/aromatic N) is 2. The monoisotopic (exact) mass is 339 g/mol. The van der Waals surface area contributed by atoms with Gasteiger partial charge in [0.15, 0.2) is 0 Å². The van der Waals surface area contributed by atoms with E-state index in [0.717, 1.165) is 38.2 Å². The van der Waals surface area contributed by atoms with Crippen molar-refractivity contribution in [3.05, 3.63) is 59.9 Å². The first kappa shape index (κ1) is 17.4. The summed E-state index contributed by atoms with van der Waals surface area (Å²) in [5.74, 6) is 1.08. The number of methoxy groups -OCH3 is 1. The summed E-state index contributed by atoms with van der Waals surface area (Å²) in [4.78, 5) is 19.2. The molecule has 0 bridgehead atoms. The molecule has 1 aliphatic rings. The maximum atomic E-state index is 12.4. The predicted molar refractivity (Wildman–Crippen MR) is 97.6 cm³/mol. The first-order chi connectivity index (χ1) is 12.3. The van der Waals surface area contributed by atoms with Gasteiger partial charge in [0.1, 0.15) is 5.75 Å². The Hall–Kier alpha value is -2.40. The molecular weight excluding hydrogens is 314 g/mol. The Morgan fingerprint density at radius 3 is 2.68 bits per heavy atom. The number of carbonyl (C=O) groups is 1. The summed E-state index contributed by atoms with van der Waals surface area (Å²) in [5, 5.41) is 3.06. The number of amides is 1. The number of nitrogens with one attached hydrogen (secondary N) is 1. The van der Waals surface area contributed by atoms with Crippen LogP contribution in [0.4, 0.5) is 0 Å². The van der Waals surface area contributed by atoms with Gasteiger partial charge in [0, 0.05) is 19.3 Å². The Morgan fingerprint density at radius 2 is 1.96 bits per heavy atom. The van der Waals surface area contributed by atoms with Crippen LogP contribution in [0.2, 0.25) is 0 Å². The highest BCUT2D eigenvalue weighted by molar-refractivity contribution is 5.96. The second-order valence-corrected chi connectivity index (χ2v) is 6.45. The lowest BCUT2D eigenvalue weighted by atomic mass is 9.96. The van der Waals surface area contributed by atoms with Crippen LogP contribution in [-0.4, -0.2) is 42.5 Å². The topological polar surface area (TPSA) is 54.5 Å². The van der Waals surface area contributed by atoms with Crippen molar-refractivity contribution in [1.29, 1.82) is 0 Å². The molecule has 1 aliphatic heterocycles. The minimum Gasteiger partial charge on any atom is -0.496 e. The lowest BCUT2D eigenvalue weighted by Crippen LogP contribution is -2.38. The minimum atomic E-state index is -0.0617. The number of piperidine rings is 1. The van der Waals surface area contributed by atoms with Crippen molar-refractivity contribution in [1.82, 2.24) is 15.2 Å². The number of likely N-dealkylation sites (tertiary alicyclic amines) is 1. The van der Waals surface area contributed by atoms with Crippen molar-refractivity contribution >= 4 is 5.91 Å². The standard InChI is InChI=1S/C20H25N3O2/c1-25-19-8-3-2-7-18(19)20(24)22-14-16-9-12-23(13-10-16)15-17-6-4-5-11-21-17/h2-8,11,16H,9-10,12-15H2,1H3,(H,22,24). The van der Waals surface area contributed by atoms with E-state index in [1.807, 2.05) is 36.5 Å². The summed E-state index contributed by atoms with van der Waals surface area (Å²) in [5.41, 5.74) is 1.71. The van der Waals surface area contributed by atoms with E-state index in [4.69, 9.17) is 4.74 Å². The molecule has 0 radical (unpaired) electrons. The number of benzene rings is 1. The van der Waals surface area contributed by atoms with Gasteiger partial charge < -0.3 is 10.1 Å². The van der Waals surface area contributed by atoms with Crippen LogP contribution < -0.4 is 10.1 Å². The minimum absolute atomic E-state index is 0.0617. The molecule has 1 N–H and O–H groups in total. The van der Waals surface area contributed by atoms with E-state index in [-0.39, 0.29) is 5.91 Å². The van der Waals surface area contributed by atoms with Gasteiger partial charge in [0.05, 0.1) is 18.4 Å². The molecule has 3 rings (SSSR count). The Balaban J connectivity index is 1.44. The number of hydrogen-bond acceptors (Lipinski definition) is 4. The van der Waals surface area contributed by atoms with E-state index in [9.17, 15) is 4.79 Å². The summed E-state index contributed by atoms with van der Waals surface area (Å²) in [7, 11) is 1.59. The predicted octanol–water partition coefficient (Wildman–Crippen LogP) is 2.73. The Bertz CT molecular complexity index is 682. The Morgan fingerprint density at radius 1 is 1.20 bits per heavy atom. The zero-order chi connectivity index (χ0) is 17.5. The fourth-order valence-electron chi connectivity index (χ4n) is 3.23. The van der Waals surface area contributed by atoms with Crippen LogP contribution in [0.3, 0.4) is 0 Å². The van der Waals surface area contributed by atoms with Crippen LogP contribution >= 0.6 is 0 Å². The molecule has 1 aromatic heterocycles. The van der Waals surface area contributed by atoms with E-state index < -0.39 is 0 Å². The number of ether oxygens (including phenoxy) is 1. The van der Waals surface area contributed by atoms with Crippen molar-refractivity contribution in [2.75, 3.05) is 26.7 Å². The average molecular weight is 339 g/mol. The maximum absolute atomic E-state index is 12.4. The number of rotatable bonds is 6. The van der Waals surface area contributed by atoms with Gasteiger partial charge >= 0.3 is 0 Å². The highest BCUT2D eigenvalue weighted by atomic mass is 16.5. The van der Waals surface area contributed by atoms with Crippen LogP contribution in [0.25, 0.3) is 0 Å². The van der Waals surface area contributed by atoms with Crippen LogP contribution in [-0.2, 0) is 6.54 Å². The molecule has 132 valence electrons. The highest BCUT2D eigenvalue weighted by Gasteiger charge is 2.20. The molecule has 25 heavy (non-hydrogen) atoms. The number of para-hydroxylation sites is 1. The van der Waals surface area contributed by atoms with Crippen molar-refractivity contribution < 1.29 is 9.53 Å². The summed E-state index contributed by atoms with van der Waals surface area (Å²) >= 11 is 0. The highest BCUT2D eigenvalue weighted by Crippen LogP contribution is 2.20. The fraction of sp³-hybridized carbons (Fsp3) is 0.400. The molecule has 2 heterocycles. The zero-order valence-electron chi connectivity index (χ0n) is 14.6. The molecule has 1 aromatic carbocycles. The van der Waals surface area contributed by atoms with Crippen LogP contribution in [0, 0.1) is 5.92 Å².